The molecule has 0 saturated heterocycles. The molecule has 0 saturated carbocycles. The van der Waals surface area contributed by atoms with Crippen molar-refractivity contribution in [2.45, 2.75) is 0 Å². The third-order valence-electron chi connectivity index (χ3n) is 2.56. The van der Waals surface area contributed by atoms with Gasteiger partial charge in [-0.3, -0.25) is 4.79 Å². The number of hydrogen-bond donors (Lipinski definition) is 2. The van der Waals surface area contributed by atoms with Crippen molar-refractivity contribution in [1.82, 2.24) is 0 Å². The number of aliphatic hydroxyl groups is 1. The highest BCUT2D eigenvalue weighted by molar-refractivity contribution is 6.34. The van der Waals surface area contributed by atoms with E-state index < -0.39 is 0 Å². The van der Waals surface area contributed by atoms with Crippen LogP contribution in [0.3, 0.4) is 0 Å². The summed E-state index contributed by atoms with van der Waals surface area (Å²) in [6, 6.07) is 13.9. The third kappa shape index (κ3) is 3.61. The fraction of sp³-hybridized carbons (Fsp3) is 0.0625. The number of aliphatic hydroxyl groups excluding tert-OH is 1. The SMILES string of the molecule is O=C(Nc1cc(C#CCO)ccc1Cl)c1ccccc1. The number of hydrogen-bond acceptors (Lipinski definition) is 2. The lowest BCUT2D eigenvalue weighted by atomic mass is 10.1. The Morgan fingerprint density at radius 2 is 1.95 bits per heavy atom. The number of benzene rings is 2. The van der Waals surface area contributed by atoms with Crippen LogP contribution in [-0.2, 0) is 0 Å². The van der Waals surface area contributed by atoms with Crippen molar-refractivity contribution in [3.8, 4) is 11.8 Å². The van der Waals surface area contributed by atoms with Crippen molar-refractivity contribution in [2.24, 2.45) is 0 Å². The Balaban J connectivity index is 2.22. The fourth-order valence-electron chi connectivity index (χ4n) is 1.62. The summed E-state index contributed by atoms with van der Waals surface area (Å²) in [6.07, 6.45) is 0. The Kier molecular flexibility index (Phi) is 4.78. The highest BCUT2D eigenvalue weighted by Gasteiger charge is 2.08. The number of carbonyl (C=O) groups is 1. The van der Waals surface area contributed by atoms with Gasteiger partial charge in [0.25, 0.3) is 5.91 Å². The van der Waals surface area contributed by atoms with Crippen molar-refractivity contribution >= 4 is 23.2 Å². The van der Waals surface area contributed by atoms with E-state index in [0.717, 1.165) is 0 Å². The molecule has 0 aliphatic heterocycles. The number of anilines is 1. The maximum atomic E-state index is 12.0. The maximum absolute atomic E-state index is 12.0. The highest BCUT2D eigenvalue weighted by atomic mass is 35.5. The van der Waals surface area contributed by atoms with Crippen molar-refractivity contribution in [3.05, 3.63) is 64.7 Å². The van der Waals surface area contributed by atoms with Gasteiger partial charge in [0.05, 0.1) is 10.7 Å². The van der Waals surface area contributed by atoms with Gasteiger partial charge in [-0.15, -0.1) is 0 Å². The number of carbonyl (C=O) groups excluding carboxylic acids is 1. The standard InChI is InChI=1S/C16H12ClNO2/c17-14-9-8-12(5-4-10-19)11-15(14)18-16(20)13-6-2-1-3-7-13/h1-3,6-9,11,19H,10H2,(H,18,20). The van der Waals surface area contributed by atoms with Gasteiger partial charge in [0.2, 0.25) is 0 Å². The molecule has 0 bridgehead atoms. The molecular formula is C16H12ClNO2. The largest absolute Gasteiger partial charge is 0.384 e. The predicted octanol–water partition coefficient (Wildman–Crippen LogP) is 2.94. The average molecular weight is 286 g/mol. The van der Waals surface area contributed by atoms with Crippen LogP contribution in [0.4, 0.5) is 5.69 Å². The van der Waals surface area contributed by atoms with Crippen LogP contribution in [0.5, 0.6) is 0 Å². The van der Waals surface area contributed by atoms with Gasteiger partial charge in [-0.2, -0.15) is 0 Å². The van der Waals surface area contributed by atoms with Crippen LogP contribution in [0.25, 0.3) is 0 Å². The molecule has 0 aromatic heterocycles. The summed E-state index contributed by atoms with van der Waals surface area (Å²) in [7, 11) is 0. The van der Waals surface area contributed by atoms with Gasteiger partial charge in [0.15, 0.2) is 0 Å². The molecule has 0 unspecified atom stereocenters. The molecule has 1 amide bonds. The molecule has 2 aromatic rings. The second kappa shape index (κ2) is 6.76. The van der Waals surface area contributed by atoms with E-state index in [9.17, 15) is 4.79 Å². The van der Waals surface area contributed by atoms with E-state index in [1.165, 1.54) is 0 Å². The predicted molar refractivity (Wildman–Crippen MR) is 79.8 cm³/mol. The zero-order valence-corrected chi connectivity index (χ0v) is 11.3. The molecule has 20 heavy (non-hydrogen) atoms. The molecular weight excluding hydrogens is 274 g/mol. The summed E-state index contributed by atoms with van der Waals surface area (Å²) in [5, 5.41) is 11.9. The van der Waals surface area contributed by atoms with Crippen LogP contribution in [0.1, 0.15) is 15.9 Å². The number of amides is 1. The van der Waals surface area contributed by atoms with Gasteiger partial charge < -0.3 is 10.4 Å². The monoisotopic (exact) mass is 285 g/mol. The van der Waals surface area contributed by atoms with E-state index in [1.54, 1.807) is 42.5 Å². The number of nitrogens with one attached hydrogen (secondary N) is 1. The first-order valence-electron chi connectivity index (χ1n) is 5.96. The average Bonchev–Trinajstić information content (AvgIpc) is 2.49. The Hall–Kier alpha value is -2.28. The van der Waals surface area contributed by atoms with E-state index in [1.807, 2.05) is 6.07 Å². The maximum Gasteiger partial charge on any atom is 0.255 e. The normalized spacial score (nSPS) is 9.50. The fourth-order valence-corrected chi connectivity index (χ4v) is 1.79. The first-order valence-corrected chi connectivity index (χ1v) is 6.34. The topological polar surface area (TPSA) is 49.3 Å². The molecule has 0 atom stereocenters. The summed E-state index contributed by atoms with van der Waals surface area (Å²) in [5.74, 6) is 5.07. The van der Waals surface area contributed by atoms with E-state index in [0.29, 0.717) is 21.8 Å². The van der Waals surface area contributed by atoms with Gasteiger partial charge in [-0.1, -0.05) is 41.6 Å². The zero-order chi connectivity index (χ0) is 14.4. The molecule has 0 aliphatic carbocycles. The molecule has 2 N–H and O–H groups in total. The molecule has 2 aromatic carbocycles. The summed E-state index contributed by atoms with van der Waals surface area (Å²) < 4.78 is 0. The van der Waals surface area contributed by atoms with E-state index in [2.05, 4.69) is 17.2 Å². The van der Waals surface area contributed by atoms with Crippen LogP contribution in [0.2, 0.25) is 5.02 Å². The summed E-state index contributed by atoms with van der Waals surface area (Å²) in [4.78, 5) is 12.0. The van der Waals surface area contributed by atoms with Crippen LogP contribution in [0.15, 0.2) is 48.5 Å². The molecule has 0 spiro atoms. The number of halogens is 1. The minimum absolute atomic E-state index is 0.214. The summed E-state index contributed by atoms with van der Waals surface area (Å²) in [6.45, 7) is -0.214. The Morgan fingerprint density at radius 3 is 2.65 bits per heavy atom. The van der Waals surface area contributed by atoms with Crippen molar-refractivity contribution in [2.75, 3.05) is 11.9 Å². The molecule has 0 fully saturated rings. The second-order valence-corrected chi connectivity index (χ2v) is 4.38. The third-order valence-corrected chi connectivity index (χ3v) is 2.89. The van der Waals surface area contributed by atoms with Gasteiger partial charge in [-0.05, 0) is 30.3 Å². The van der Waals surface area contributed by atoms with Gasteiger partial charge in [0, 0.05) is 11.1 Å². The van der Waals surface area contributed by atoms with Crippen LogP contribution in [0, 0.1) is 11.8 Å². The first kappa shape index (κ1) is 14.1. The molecule has 0 radical (unpaired) electrons. The summed E-state index contributed by atoms with van der Waals surface area (Å²) in [5.41, 5.74) is 1.72. The van der Waals surface area contributed by atoms with Crippen molar-refractivity contribution < 1.29 is 9.90 Å². The van der Waals surface area contributed by atoms with E-state index in [4.69, 9.17) is 16.7 Å². The highest BCUT2D eigenvalue weighted by Crippen LogP contribution is 2.23. The molecule has 3 nitrogen and oxygen atoms in total. The number of rotatable bonds is 2. The lowest BCUT2D eigenvalue weighted by Gasteiger charge is -2.07. The molecule has 2 rings (SSSR count). The van der Waals surface area contributed by atoms with Crippen LogP contribution < -0.4 is 5.32 Å². The molecule has 4 heteroatoms. The van der Waals surface area contributed by atoms with E-state index >= 15 is 0 Å². The smallest absolute Gasteiger partial charge is 0.255 e. The van der Waals surface area contributed by atoms with Gasteiger partial charge in [-0.25, -0.2) is 0 Å². The Labute approximate surface area is 122 Å². The van der Waals surface area contributed by atoms with Crippen LogP contribution >= 0.6 is 11.6 Å². The van der Waals surface area contributed by atoms with Crippen molar-refractivity contribution in [3.63, 3.8) is 0 Å². The quantitative estimate of drug-likeness (QED) is 0.834. The second-order valence-electron chi connectivity index (χ2n) is 3.97. The lowest BCUT2D eigenvalue weighted by Crippen LogP contribution is -2.12. The summed E-state index contributed by atoms with van der Waals surface area (Å²) >= 11 is 6.05. The lowest BCUT2D eigenvalue weighted by molar-refractivity contribution is 0.102. The minimum atomic E-state index is -0.236. The van der Waals surface area contributed by atoms with Crippen molar-refractivity contribution in [1.29, 1.82) is 0 Å². The Bertz CT molecular complexity index is 672. The zero-order valence-electron chi connectivity index (χ0n) is 10.6. The van der Waals surface area contributed by atoms with Gasteiger partial charge in [0.1, 0.15) is 6.61 Å². The first-order chi connectivity index (χ1) is 9.70. The molecule has 100 valence electrons. The molecule has 0 heterocycles. The Morgan fingerprint density at radius 1 is 1.20 bits per heavy atom. The molecule has 0 aliphatic rings. The minimum Gasteiger partial charge on any atom is -0.384 e. The van der Waals surface area contributed by atoms with Crippen LogP contribution in [-0.4, -0.2) is 17.6 Å². The van der Waals surface area contributed by atoms with E-state index in [-0.39, 0.29) is 12.5 Å². The van der Waals surface area contributed by atoms with Gasteiger partial charge >= 0.3 is 0 Å².